The minimum absolute atomic E-state index is 0.0248. The lowest BCUT2D eigenvalue weighted by atomic mass is 10.1. The zero-order valence-corrected chi connectivity index (χ0v) is 16.0. The van der Waals surface area contributed by atoms with Gasteiger partial charge in [0.15, 0.2) is 0 Å². The number of benzene rings is 2. The Labute approximate surface area is 159 Å². The number of fused-ring (bicyclic) bond motifs is 1. The van der Waals surface area contributed by atoms with Gasteiger partial charge in [-0.25, -0.2) is 8.42 Å². The largest absolute Gasteiger partial charge is 0.371 e. The normalized spacial score (nSPS) is 20.5. The van der Waals surface area contributed by atoms with Crippen molar-refractivity contribution >= 4 is 21.6 Å². The van der Waals surface area contributed by atoms with Gasteiger partial charge in [-0.3, -0.25) is 4.79 Å². The highest BCUT2D eigenvalue weighted by atomic mass is 32.2. The molecule has 7 heteroatoms. The van der Waals surface area contributed by atoms with Gasteiger partial charge in [0.25, 0.3) is 0 Å². The van der Waals surface area contributed by atoms with Gasteiger partial charge in [-0.05, 0) is 35.7 Å². The first kappa shape index (κ1) is 18.2. The van der Waals surface area contributed by atoms with Crippen LogP contribution in [0.15, 0.2) is 53.4 Å². The summed E-state index contributed by atoms with van der Waals surface area (Å²) in [6, 6.07) is 14.7. The second-order valence-corrected chi connectivity index (χ2v) is 8.78. The first-order valence-electron chi connectivity index (χ1n) is 9.04. The van der Waals surface area contributed by atoms with E-state index in [4.69, 9.17) is 4.74 Å². The number of rotatable bonds is 3. The molecule has 0 saturated carbocycles. The molecule has 2 aliphatic rings. The fourth-order valence-electron chi connectivity index (χ4n) is 3.73. The molecule has 0 N–H and O–H groups in total. The Morgan fingerprint density at radius 3 is 2.63 bits per heavy atom. The van der Waals surface area contributed by atoms with Crippen molar-refractivity contribution in [3.8, 4) is 0 Å². The standard InChI is InChI=1S/C20H22N2O4S/c1-15(23)22-10-9-17-13-18(7-8-19(17)22)27(24,25)21-11-12-26-20(14-21)16-5-3-2-4-6-16/h2-8,13,20H,9-12,14H2,1H3. The van der Waals surface area contributed by atoms with Crippen molar-refractivity contribution in [2.45, 2.75) is 24.3 Å². The lowest BCUT2D eigenvalue weighted by molar-refractivity contribution is -0.116. The molecule has 2 aromatic rings. The van der Waals surface area contributed by atoms with Gasteiger partial charge in [-0.1, -0.05) is 30.3 Å². The third-order valence-electron chi connectivity index (χ3n) is 5.16. The number of nitrogens with zero attached hydrogens (tertiary/aromatic N) is 2. The molecule has 0 aliphatic carbocycles. The summed E-state index contributed by atoms with van der Waals surface area (Å²) in [5.41, 5.74) is 2.69. The summed E-state index contributed by atoms with van der Waals surface area (Å²) in [4.78, 5) is 13.7. The number of anilines is 1. The van der Waals surface area contributed by atoms with Crippen LogP contribution >= 0.6 is 0 Å². The van der Waals surface area contributed by atoms with Gasteiger partial charge in [0.05, 0.1) is 17.6 Å². The average Bonchev–Trinajstić information content (AvgIpc) is 3.12. The molecular formula is C20H22N2O4S. The maximum atomic E-state index is 13.2. The highest BCUT2D eigenvalue weighted by molar-refractivity contribution is 7.89. The van der Waals surface area contributed by atoms with E-state index in [2.05, 4.69) is 0 Å². The van der Waals surface area contributed by atoms with Gasteiger partial charge in [-0.2, -0.15) is 4.31 Å². The predicted molar refractivity (Wildman–Crippen MR) is 102 cm³/mol. The van der Waals surface area contributed by atoms with Crippen LogP contribution in [0.25, 0.3) is 0 Å². The van der Waals surface area contributed by atoms with Crippen LogP contribution in [-0.4, -0.2) is 44.9 Å². The fourth-order valence-corrected chi connectivity index (χ4v) is 5.20. The summed E-state index contributed by atoms with van der Waals surface area (Å²) in [6.07, 6.45) is 0.408. The number of sulfonamides is 1. The van der Waals surface area contributed by atoms with Gasteiger partial charge in [0.2, 0.25) is 15.9 Å². The number of amides is 1. The number of morpholine rings is 1. The Kier molecular flexibility index (Phi) is 4.75. The van der Waals surface area contributed by atoms with E-state index in [1.54, 1.807) is 23.1 Å². The predicted octanol–water partition coefficient (Wildman–Crippen LogP) is 2.36. The van der Waals surface area contributed by atoms with Crippen LogP contribution in [0.5, 0.6) is 0 Å². The smallest absolute Gasteiger partial charge is 0.243 e. The Bertz CT molecular complexity index is 959. The molecule has 2 heterocycles. The number of carbonyl (C=O) groups is 1. The van der Waals surface area contributed by atoms with Crippen molar-refractivity contribution in [2.24, 2.45) is 0 Å². The van der Waals surface area contributed by atoms with Crippen LogP contribution < -0.4 is 4.90 Å². The quantitative estimate of drug-likeness (QED) is 0.812. The number of hydrogen-bond acceptors (Lipinski definition) is 4. The molecule has 1 saturated heterocycles. The van der Waals surface area contributed by atoms with E-state index < -0.39 is 10.0 Å². The molecular weight excluding hydrogens is 364 g/mol. The van der Waals surface area contributed by atoms with Crippen LogP contribution in [0.1, 0.15) is 24.2 Å². The Morgan fingerprint density at radius 1 is 1.11 bits per heavy atom. The zero-order valence-electron chi connectivity index (χ0n) is 15.2. The minimum Gasteiger partial charge on any atom is -0.371 e. The van der Waals surface area contributed by atoms with Crippen LogP contribution in [-0.2, 0) is 26.0 Å². The molecule has 0 bridgehead atoms. The molecule has 27 heavy (non-hydrogen) atoms. The fraction of sp³-hybridized carbons (Fsp3) is 0.350. The van der Waals surface area contributed by atoms with Crippen molar-refractivity contribution in [1.29, 1.82) is 0 Å². The second-order valence-electron chi connectivity index (χ2n) is 6.84. The summed E-state index contributed by atoms with van der Waals surface area (Å²) < 4.78 is 33.6. The zero-order chi connectivity index (χ0) is 19.0. The van der Waals surface area contributed by atoms with Crippen LogP contribution in [0, 0.1) is 0 Å². The summed E-state index contributed by atoms with van der Waals surface area (Å²) in [7, 11) is -3.61. The highest BCUT2D eigenvalue weighted by Gasteiger charge is 2.33. The van der Waals surface area contributed by atoms with Crippen LogP contribution in [0.2, 0.25) is 0 Å². The number of carbonyl (C=O) groups excluding carboxylic acids is 1. The van der Waals surface area contributed by atoms with Gasteiger partial charge in [0.1, 0.15) is 0 Å². The van der Waals surface area contributed by atoms with Gasteiger partial charge in [-0.15, -0.1) is 0 Å². The third kappa shape index (κ3) is 3.38. The van der Waals surface area contributed by atoms with Crippen molar-refractivity contribution in [2.75, 3.05) is 31.1 Å². The second kappa shape index (κ2) is 7.07. The monoisotopic (exact) mass is 386 g/mol. The van der Waals surface area contributed by atoms with E-state index in [1.165, 1.54) is 11.2 Å². The van der Waals surface area contributed by atoms with Crippen LogP contribution in [0.3, 0.4) is 0 Å². The van der Waals surface area contributed by atoms with E-state index in [0.717, 1.165) is 16.8 Å². The van der Waals surface area contributed by atoms with Gasteiger partial charge >= 0.3 is 0 Å². The van der Waals surface area contributed by atoms with Crippen molar-refractivity contribution in [3.63, 3.8) is 0 Å². The molecule has 6 nitrogen and oxygen atoms in total. The van der Waals surface area contributed by atoms with Gasteiger partial charge in [0, 0.05) is 32.2 Å². The van der Waals surface area contributed by atoms with Crippen LogP contribution in [0.4, 0.5) is 5.69 Å². The molecule has 2 aromatic carbocycles. The molecule has 1 amide bonds. The van der Waals surface area contributed by atoms with E-state index in [0.29, 0.717) is 32.7 Å². The minimum atomic E-state index is -3.61. The van der Waals surface area contributed by atoms with Crippen molar-refractivity contribution in [3.05, 3.63) is 59.7 Å². The SMILES string of the molecule is CC(=O)N1CCc2cc(S(=O)(=O)N3CCOC(c4ccccc4)C3)ccc21. The van der Waals surface area contributed by atoms with Crippen molar-refractivity contribution in [1.82, 2.24) is 4.31 Å². The molecule has 1 fully saturated rings. The molecule has 0 aromatic heterocycles. The maximum absolute atomic E-state index is 13.2. The van der Waals surface area contributed by atoms with E-state index in [9.17, 15) is 13.2 Å². The third-order valence-corrected chi connectivity index (χ3v) is 7.03. The maximum Gasteiger partial charge on any atom is 0.243 e. The number of ether oxygens (including phenoxy) is 1. The average molecular weight is 386 g/mol. The highest BCUT2D eigenvalue weighted by Crippen LogP contribution is 2.32. The molecule has 1 unspecified atom stereocenters. The number of hydrogen-bond donors (Lipinski definition) is 0. The van der Waals surface area contributed by atoms with Gasteiger partial charge < -0.3 is 9.64 Å². The Hall–Kier alpha value is -2.22. The first-order chi connectivity index (χ1) is 13.0. The van der Waals surface area contributed by atoms with Crippen molar-refractivity contribution < 1.29 is 17.9 Å². The van der Waals surface area contributed by atoms with E-state index >= 15 is 0 Å². The molecule has 2 aliphatic heterocycles. The van der Waals surface area contributed by atoms with E-state index in [-0.39, 0.29) is 16.9 Å². The Balaban J connectivity index is 1.59. The van der Waals surface area contributed by atoms with E-state index in [1.807, 2.05) is 30.3 Å². The summed E-state index contributed by atoms with van der Waals surface area (Å²) in [5.74, 6) is -0.0248. The Morgan fingerprint density at radius 2 is 1.89 bits per heavy atom. The topological polar surface area (TPSA) is 66.9 Å². The molecule has 0 radical (unpaired) electrons. The summed E-state index contributed by atoms with van der Waals surface area (Å²) in [6.45, 7) is 3.12. The summed E-state index contributed by atoms with van der Waals surface area (Å²) in [5, 5.41) is 0. The molecule has 1 atom stereocenters. The summed E-state index contributed by atoms with van der Waals surface area (Å²) >= 11 is 0. The lowest BCUT2D eigenvalue weighted by Crippen LogP contribution is -2.42. The lowest BCUT2D eigenvalue weighted by Gasteiger charge is -2.32. The molecule has 0 spiro atoms. The molecule has 142 valence electrons. The molecule has 4 rings (SSSR count). The first-order valence-corrected chi connectivity index (χ1v) is 10.5.